The van der Waals surface area contributed by atoms with E-state index in [1.54, 1.807) is 6.20 Å². The molecule has 3 aromatic rings. The van der Waals surface area contributed by atoms with E-state index in [-0.39, 0.29) is 13.5 Å². The molecule has 1 aromatic carbocycles. The Morgan fingerprint density at radius 2 is 1.68 bits per heavy atom. The number of carbonyl (C=O) groups is 1. The normalized spacial score (nSPS) is 23.8. The molecule has 0 saturated carbocycles. The van der Waals surface area contributed by atoms with E-state index in [1.807, 2.05) is 18.3 Å². The number of piperazine rings is 1. The second-order valence-corrected chi connectivity index (χ2v) is 10.5. The van der Waals surface area contributed by atoms with E-state index in [2.05, 4.69) is 55.3 Å². The van der Waals surface area contributed by atoms with Gasteiger partial charge in [0.1, 0.15) is 11.6 Å². The fourth-order valence-corrected chi connectivity index (χ4v) is 5.83. The van der Waals surface area contributed by atoms with Crippen molar-refractivity contribution in [1.82, 2.24) is 24.8 Å². The zero-order chi connectivity index (χ0) is 25.0. The predicted molar refractivity (Wildman–Crippen MR) is 156 cm³/mol. The first-order valence-electron chi connectivity index (χ1n) is 13.6. The van der Waals surface area contributed by atoms with Crippen molar-refractivity contribution in [2.45, 2.75) is 44.7 Å². The molecule has 9 heteroatoms. The average molecular weight is 532 g/mol. The fraction of sp³-hybridized carbons (Fsp3) is 0.448. The summed E-state index contributed by atoms with van der Waals surface area (Å²) in [5, 5.41) is 3.38. The van der Waals surface area contributed by atoms with E-state index in [1.165, 1.54) is 18.4 Å². The minimum absolute atomic E-state index is 0. The summed E-state index contributed by atoms with van der Waals surface area (Å²) in [6, 6.07) is 15.0. The van der Waals surface area contributed by atoms with E-state index in [9.17, 15) is 4.79 Å². The summed E-state index contributed by atoms with van der Waals surface area (Å²) >= 11 is 0. The van der Waals surface area contributed by atoms with Gasteiger partial charge >= 0.3 is 0 Å². The van der Waals surface area contributed by atoms with Gasteiger partial charge in [0.05, 0.1) is 12.2 Å². The quantitative estimate of drug-likeness (QED) is 0.462. The summed E-state index contributed by atoms with van der Waals surface area (Å²) in [7, 11) is 0. The van der Waals surface area contributed by atoms with Crippen LogP contribution in [0.25, 0.3) is 11.3 Å². The van der Waals surface area contributed by atoms with Crippen molar-refractivity contribution in [2.24, 2.45) is 0 Å². The molecule has 38 heavy (non-hydrogen) atoms. The molecule has 1 N–H and O–H groups in total. The molecule has 6 aliphatic rings. The standard InChI is InChI=1S/C29H35N7O.H2S/c37-26-8-2-6-25-7-3-13-36(25)28-10-9-23(19-31-28)27-11-12-30-29(33-27)32-24-5-1-4-22(18-24)20-34-14-16-35(21-26)17-15-34;/h1,4-5,9-12,18-19,25H,2-3,6-8,13-17,20-21H2,(H,30,32,33);1H2. The summed E-state index contributed by atoms with van der Waals surface area (Å²) in [4.78, 5) is 34.0. The minimum Gasteiger partial charge on any atom is -0.354 e. The number of pyridine rings is 1. The van der Waals surface area contributed by atoms with Crippen LogP contribution < -0.4 is 10.2 Å². The number of hydrogen-bond donors (Lipinski definition) is 1. The van der Waals surface area contributed by atoms with Crippen LogP contribution in [-0.2, 0) is 11.3 Å². The van der Waals surface area contributed by atoms with Gasteiger partial charge in [-0.25, -0.2) is 15.0 Å². The number of aromatic nitrogens is 3. The van der Waals surface area contributed by atoms with Crippen LogP contribution in [0.5, 0.6) is 0 Å². The molecule has 0 spiro atoms. The van der Waals surface area contributed by atoms with E-state index in [4.69, 9.17) is 9.97 Å². The van der Waals surface area contributed by atoms with Crippen LogP contribution in [0.4, 0.5) is 17.5 Å². The molecule has 200 valence electrons. The SMILES string of the molecule is O=C1CCCC2CCCN2c2ccc(cn2)-c2ccnc(n2)Nc2cccc(c2)CN2CCN(CC2)C1.S. The van der Waals surface area contributed by atoms with E-state index >= 15 is 0 Å². The highest BCUT2D eigenvalue weighted by atomic mass is 32.1. The molecule has 9 rings (SSSR count). The molecule has 8 heterocycles. The first kappa shape index (κ1) is 26.6. The van der Waals surface area contributed by atoms with Crippen molar-refractivity contribution in [2.75, 3.05) is 49.5 Å². The third-order valence-electron chi connectivity index (χ3n) is 7.82. The monoisotopic (exact) mass is 531 g/mol. The molecular formula is C29H37N7OS. The average Bonchev–Trinajstić information content (AvgIpc) is 3.38. The van der Waals surface area contributed by atoms with Crippen LogP contribution >= 0.6 is 13.5 Å². The highest BCUT2D eigenvalue weighted by molar-refractivity contribution is 7.59. The summed E-state index contributed by atoms with van der Waals surface area (Å²) in [6.45, 7) is 6.37. The zero-order valence-corrected chi connectivity index (χ0v) is 22.9. The summed E-state index contributed by atoms with van der Waals surface area (Å²) in [5.74, 6) is 1.97. The molecule has 0 amide bonds. The number of anilines is 3. The van der Waals surface area contributed by atoms with Gasteiger partial charge in [-0.2, -0.15) is 13.5 Å². The van der Waals surface area contributed by atoms with Gasteiger partial charge in [0.2, 0.25) is 5.95 Å². The van der Waals surface area contributed by atoms with Gasteiger partial charge in [0.25, 0.3) is 0 Å². The molecule has 1 atom stereocenters. The van der Waals surface area contributed by atoms with Crippen molar-refractivity contribution in [3.63, 3.8) is 0 Å². The van der Waals surface area contributed by atoms with E-state index < -0.39 is 0 Å². The Kier molecular flexibility index (Phi) is 8.56. The van der Waals surface area contributed by atoms with Gasteiger partial charge in [-0.1, -0.05) is 12.1 Å². The Morgan fingerprint density at radius 3 is 2.50 bits per heavy atom. The predicted octanol–water partition coefficient (Wildman–Crippen LogP) is 4.23. The maximum Gasteiger partial charge on any atom is 0.227 e. The lowest BCUT2D eigenvalue weighted by molar-refractivity contribution is -0.120. The molecular weight excluding hydrogens is 494 g/mol. The lowest BCUT2D eigenvalue weighted by atomic mass is 10.0. The number of carbonyl (C=O) groups excluding carboxylic acids is 1. The van der Waals surface area contributed by atoms with Crippen molar-refractivity contribution in [3.05, 3.63) is 60.4 Å². The van der Waals surface area contributed by atoms with Crippen LogP contribution in [-0.4, -0.2) is 75.8 Å². The van der Waals surface area contributed by atoms with Crippen LogP contribution in [0.15, 0.2) is 54.9 Å². The number of nitrogens with one attached hydrogen (secondary N) is 1. The van der Waals surface area contributed by atoms with Crippen LogP contribution in [0.3, 0.4) is 0 Å². The highest BCUT2D eigenvalue weighted by Crippen LogP contribution is 2.29. The van der Waals surface area contributed by atoms with Gasteiger partial charge in [0.15, 0.2) is 0 Å². The first-order valence-corrected chi connectivity index (χ1v) is 13.6. The van der Waals surface area contributed by atoms with Gasteiger partial charge in [-0.05, 0) is 61.6 Å². The van der Waals surface area contributed by atoms with Crippen molar-refractivity contribution in [1.29, 1.82) is 0 Å². The number of nitrogens with zero attached hydrogens (tertiary/aromatic N) is 6. The molecule has 0 aliphatic carbocycles. The van der Waals surface area contributed by atoms with Crippen LogP contribution in [0.1, 0.15) is 37.7 Å². The molecule has 2 aromatic heterocycles. The van der Waals surface area contributed by atoms with Gasteiger partial charge in [-0.15, -0.1) is 0 Å². The summed E-state index contributed by atoms with van der Waals surface area (Å²) in [6.07, 6.45) is 8.71. The Morgan fingerprint density at radius 1 is 0.868 bits per heavy atom. The maximum atomic E-state index is 12.7. The minimum atomic E-state index is 0. The highest BCUT2D eigenvalue weighted by Gasteiger charge is 2.26. The Labute approximate surface area is 231 Å². The number of benzene rings is 1. The van der Waals surface area contributed by atoms with E-state index in [0.717, 1.165) is 74.9 Å². The first-order chi connectivity index (χ1) is 18.2. The summed E-state index contributed by atoms with van der Waals surface area (Å²) < 4.78 is 0. The molecule has 0 radical (unpaired) electrons. The molecule has 2 fully saturated rings. The number of rotatable bonds is 0. The second kappa shape index (κ2) is 12.2. The van der Waals surface area contributed by atoms with Crippen LogP contribution in [0.2, 0.25) is 0 Å². The van der Waals surface area contributed by atoms with Crippen molar-refractivity contribution in [3.8, 4) is 11.3 Å². The number of Topliss-reactive ketones (excluding diaryl/α,β-unsaturated/α-hetero) is 1. The zero-order valence-electron chi connectivity index (χ0n) is 21.9. The Hall–Kier alpha value is -3.01. The Bertz CT molecular complexity index is 1230. The third-order valence-corrected chi connectivity index (χ3v) is 7.82. The lowest BCUT2D eigenvalue weighted by Gasteiger charge is -2.34. The largest absolute Gasteiger partial charge is 0.354 e. The maximum absolute atomic E-state index is 12.7. The molecule has 1 unspecified atom stereocenters. The molecule has 2 saturated heterocycles. The lowest BCUT2D eigenvalue weighted by Crippen LogP contribution is -2.47. The molecule has 8 nitrogen and oxygen atoms in total. The van der Waals surface area contributed by atoms with E-state index in [0.29, 0.717) is 30.7 Å². The van der Waals surface area contributed by atoms with Crippen molar-refractivity contribution >= 4 is 36.7 Å². The smallest absolute Gasteiger partial charge is 0.227 e. The third kappa shape index (κ3) is 6.34. The molecule has 6 aliphatic heterocycles. The second-order valence-electron chi connectivity index (χ2n) is 10.5. The van der Waals surface area contributed by atoms with Gasteiger partial charge in [0, 0.05) is 75.4 Å². The summed E-state index contributed by atoms with van der Waals surface area (Å²) in [5.41, 5.74) is 4.05. The number of ketones is 1. The number of hydrogen-bond acceptors (Lipinski definition) is 8. The molecule has 8 bridgehead atoms. The fourth-order valence-electron chi connectivity index (χ4n) is 5.83. The Balaban J connectivity index is 0.00000294. The topological polar surface area (TPSA) is 77.5 Å². The van der Waals surface area contributed by atoms with Crippen LogP contribution in [0, 0.1) is 0 Å². The van der Waals surface area contributed by atoms with Gasteiger partial charge in [-0.3, -0.25) is 14.6 Å². The van der Waals surface area contributed by atoms with Crippen molar-refractivity contribution < 1.29 is 4.79 Å². The van der Waals surface area contributed by atoms with Gasteiger partial charge < -0.3 is 10.2 Å².